The summed E-state index contributed by atoms with van der Waals surface area (Å²) < 4.78 is 71.0. The zero-order chi connectivity index (χ0) is 62.5. The van der Waals surface area contributed by atoms with Gasteiger partial charge in [-0.25, -0.2) is 28.0 Å². The van der Waals surface area contributed by atoms with E-state index in [1.807, 2.05) is 48.5 Å². The average Bonchev–Trinajstić information content (AvgIpc) is 1.54. The molecule has 1 N–H and O–H groups in total. The van der Waals surface area contributed by atoms with Crippen LogP contribution in [0.15, 0.2) is 48.5 Å². The van der Waals surface area contributed by atoms with Crippen LogP contribution in [0.25, 0.3) is 0 Å². The number of hydrogen-bond acceptors (Lipinski definition) is 16. The van der Waals surface area contributed by atoms with Crippen molar-refractivity contribution >= 4 is 47.6 Å². The van der Waals surface area contributed by atoms with E-state index in [-0.39, 0.29) is 68.6 Å². The van der Waals surface area contributed by atoms with E-state index in [1.54, 1.807) is 0 Å². The van der Waals surface area contributed by atoms with Crippen molar-refractivity contribution in [2.45, 2.75) is 208 Å². The van der Waals surface area contributed by atoms with Gasteiger partial charge in [0.25, 0.3) is 17.7 Å². The summed E-state index contributed by atoms with van der Waals surface area (Å²) in [5, 5.41) is 2.82. The molecule has 2 heterocycles. The summed E-state index contributed by atoms with van der Waals surface area (Å²) in [6.45, 7) is 9.05. The Kier molecular flexibility index (Phi) is 21.1. The van der Waals surface area contributed by atoms with E-state index in [9.17, 15) is 24.0 Å². The van der Waals surface area contributed by atoms with Gasteiger partial charge in [-0.15, -0.1) is 0 Å². The Morgan fingerprint density at radius 2 is 1.13 bits per heavy atom. The Morgan fingerprint density at radius 3 is 1.58 bits per heavy atom. The molecule has 0 bridgehead atoms. The second kappa shape index (κ2) is 27.5. The molecule has 8 rings (SSSR count). The smallest absolute Gasteiger partial charge is 0.346 e. The first-order chi connectivity index (χ1) is 40.7. The molecule has 6 aliphatic rings. The Bertz CT molecular complexity index is 2740. The predicted octanol–water partition coefficient (Wildman–Crippen LogP) is 7.21. The second-order valence-corrected chi connectivity index (χ2v) is 26.2. The van der Waals surface area contributed by atoms with Crippen LogP contribution in [0.2, 0.25) is 0 Å². The Hall–Kier alpha value is -6.06. The van der Waals surface area contributed by atoms with Gasteiger partial charge in [-0.3, -0.25) is 19.2 Å². The topological polar surface area (TPSA) is 223 Å². The third-order valence-electron chi connectivity index (χ3n) is 18.3. The molecule has 2 saturated heterocycles. The number of carbonyl (C=O) groups is 8. The number of amides is 3. The summed E-state index contributed by atoms with van der Waals surface area (Å²) in [5.74, 6) is -6.45. The predicted molar refractivity (Wildman–Crippen MR) is 311 cm³/mol. The number of methoxy groups -OCH3 is 1. The van der Waals surface area contributed by atoms with Crippen molar-refractivity contribution in [2.75, 3.05) is 61.7 Å². The molecule has 86 heavy (non-hydrogen) atoms. The molecule has 2 aromatic carbocycles. The molecule has 2 aromatic rings. The Morgan fingerprint density at radius 1 is 0.640 bits per heavy atom. The number of likely N-dealkylation sites (N-methyl/N-ethyl adjacent to an activating group) is 4. The molecule has 4 saturated carbocycles. The van der Waals surface area contributed by atoms with Crippen LogP contribution in [0.3, 0.4) is 0 Å². The Balaban J connectivity index is 1.03. The second-order valence-electron chi connectivity index (χ2n) is 26.2. The van der Waals surface area contributed by atoms with Crippen LogP contribution in [0.4, 0.5) is 8.78 Å². The summed E-state index contributed by atoms with van der Waals surface area (Å²) in [6.07, 6.45) is 1.62. The fourth-order valence-electron chi connectivity index (χ4n) is 12.4. The largest absolute Gasteiger partial charge is 0.466 e. The van der Waals surface area contributed by atoms with E-state index < -0.39 is 113 Å². The molecule has 3 amide bonds. The lowest BCUT2D eigenvalue weighted by Crippen LogP contribution is -2.56. The number of esters is 5. The number of nitrogens with one attached hydrogen (secondary N) is 1. The molecular weight excluding hydrogens is 1110 g/mol. The van der Waals surface area contributed by atoms with Gasteiger partial charge < -0.3 is 53.2 Å². The first-order valence-electron chi connectivity index (χ1n) is 30.8. The van der Waals surface area contributed by atoms with Crippen molar-refractivity contribution in [3.8, 4) is 0 Å². The summed E-state index contributed by atoms with van der Waals surface area (Å²) in [7, 11) is 6.78. The van der Waals surface area contributed by atoms with Gasteiger partial charge in [-0.05, 0) is 145 Å². The van der Waals surface area contributed by atoms with Gasteiger partial charge in [-0.2, -0.15) is 0 Å². The van der Waals surface area contributed by atoms with Crippen LogP contribution in [0.5, 0.6) is 0 Å². The monoisotopic (exact) mass is 1200 g/mol. The van der Waals surface area contributed by atoms with Crippen molar-refractivity contribution in [1.29, 1.82) is 0 Å². The van der Waals surface area contributed by atoms with E-state index in [0.29, 0.717) is 43.5 Å². The highest BCUT2D eigenvalue weighted by Crippen LogP contribution is 2.61. The SMILES string of the molecule is CN[C@@H](CC(C)(C)F)C(=O)O[C@H](Cc1ccc(C2CCOCC2)cc1)C(=O)N(C)C1(C(=O)OC2(C(=O)N(C)[C@@H](CC(C)(C)F)C(=O)O[C@H](Cc3ccc(C4CCOCC4)cc3)C(=O)N(C)[C@@H](CC3CC3)C(=O)O[C@H](C)C(=O)OC)CC2)CC1C1CC1. The maximum atomic E-state index is 16.1. The number of halogens is 2. The van der Waals surface area contributed by atoms with Gasteiger partial charge in [-0.1, -0.05) is 61.4 Å². The number of rotatable bonds is 29. The molecule has 2 aliphatic heterocycles. The first-order valence-corrected chi connectivity index (χ1v) is 30.8. The minimum Gasteiger partial charge on any atom is -0.466 e. The van der Waals surface area contributed by atoms with Gasteiger partial charge in [0.1, 0.15) is 35.0 Å². The minimum absolute atomic E-state index is 0.0356. The highest BCUT2D eigenvalue weighted by Gasteiger charge is 2.72. The number of carbonyl (C=O) groups excluding carboxylic acids is 8. The summed E-state index contributed by atoms with van der Waals surface area (Å²) >= 11 is 0. The molecule has 8 atom stereocenters. The third-order valence-corrected chi connectivity index (χ3v) is 18.3. The number of hydrogen-bond donors (Lipinski definition) is 1. The van der Waals surface area contributed by atoms with E-state index in [1.165, 1.54) is 67.7 Å². The van der Waals surface area contributed by atoms with Crippen LogP contribution in [0, 0.1) is 17.8 Å². The van der Waals surface area contributed by atoms with E-state index in [2.05, 4.69) is 5.32 Å². The van der Waals surface area contributed by atoms with Gasteiger partial charge in [0.2, 0.25) is 0 Å². The van der Waals surface area contributed by atoms with Gasteiger partial charge >= 0.3 is 29.8 Å². The van der Waals surface area contributed by atoms with Crippen LogP contribution >= 0.6 is 0 Å². The molecule has 21 heteroatoms. The number of benzene rings is 2. The van der Waals surface area contributed by atoms with Crippen molar-refractivity contribution < 1.29 is 80.3 Å². The van der Waals surface area contributed by atoms with Crippen molar-refractivity contribution in [2.24, 2.45) is 17.8 Å². The van der Waals surface area contributed by atoms with Gasteiger partial charge in [0.15, 0.2) is 23.9 Å². The normalized spacial score (nSPS) is 22.5. The Labute approximate surface area is 504 Å². The van der Waals surface area contributed by atoms with Crippen molar-refractivity contribution in [3.05, 3.63) is 70.8 Å². The van der Waals surface area contributed by atoms with E-state index in [4.69, 9.17) is 33.2 Å². The van der Waals surface area contributed by atoms with Crippen molar-refractivity contribution in [1.82, 2.24) is 20.0 Å². The molecule has 474 valence electrons. The number of alkyl halides is 2. The summed E-state index contributed by atoms with van der Waals surface area (Å²) in [4.78, 5) is 118. The minimum atomic E-state index is -2.10. The number of nitrogens with zero attached hydrogens (tertiary/aromatic N) is 3. The lowest BCUT2D eigenvalue weighted by atomic mass is 9.90. The third kappa shape index (κ3) is 16.6. The fourth-order valence-corrected chi connectivity index (χ4v) is 12.4. The average molecular weight is 1210 g/mol. The standard InChI is InChI=1S/C65H90F2N4O15/c1-39(56(74)80-10)83-58(76)50(33-40-11-12-40)69(7)54(72)52(34-41-13-17-43(18-14-41)45-23-29-81-30-24-45)85-59(77)51(38-63(4,5)67)70(8)60(78)64(27-28-64)86-61(79)65(36-48(65)47-21-22-47)71(9)55(73)53(84-57(75)49(68-6)37-62(2,3)66)35-42-15-19-44(20-16-42)46-25-31-82-32-26-46/h13-20,39-40,45-53,68H,11-12,21-38H2,1-10H3/t39-,48?,49+,50+,51+,52-,53-,65?/m1/s1. The van der Waals surface area contributed by atoms with Crippen LogP contribution < -0.4 is 5.32 Å². The summed E-state index contributed by atoms with van der Waals surface area (Å²) in [5.41, 5.74) is -3.80. The lowest BCUT2D eigenvalue weighted by Gasteiger charge is -2.35. The maximum Gasteiger partial charge on any atom is 0.346 e. The zero-order valence-corrected chi connectivity index (χ0v) is 51.8. The molecule has 6 fully saturated rings. The van der Waals surface area contributed by atoms with Crippen LogP contribution in [-0.4, -0.2) is 183 Å². The van der Waals surface area contributed by atoms with Crippen molar-refractivity contribution in [3.63, 3.8) is 0 Å². The quantitative estimate of drug-likeness (QED) is 0.0628. The van der Waals surface area contributed by atoms with E-state index in [0.717, 1.165) is 79.4 Å². The molecule has 19 nitrogen and oxygen atoms in total. The zero-order valence-electron chi connectivity index (χ0n) is 51.8. The van der Waals surface area contributed by atoms with Crippen LogP contribution in [-0.2, 0) is 84.4 Å². The van der Waals surface area contributed by atoms with E-state index >= 15 is 23.2 Å². The van der Waals surface area contributed by atoms with Gasteiger partial charge in [0.05, 0.1) is 7.11 Å². The maximum absolute atomic E-state index is 16.1. The van der Waals surface area contributed by atoms with Crippen LogP contribution in [0.1, 0.15) is 159 Å². The molecular formula is C65H90F2N4O15. The molecule has 4 aliphatic carbocycles. The summed E-state index contributed by atoms with van der Waals surface area (Å²) in [6, 6.07) is 11.3. The van der Waals surface area contributed by atoms with Gasteiger partial charge in [0, 0.05) is 86.1 Å². The first kappa shape index (κ1) is 65.9. The fraction of sp³-hybridized carbons (Fsp3) is 0.692. The lowest BCUT2D eigenvalue weighted by molar-refractivity contribution is -0.178. The molecule has 2 unspecified atom stereocenters. The number of ether oxygens (including phenoxy) is 7. The highest BCUT2D eigenvalue weighted by atomic mass is 19.1. The molecule has 0 radical (unpaired) electrons. The molecule has 0 spiro atoms. The molecule has 0 aromatic heterocycles. The highest BCUT2D eigenvalue weighted by molar-refractivity contribution is 5.98.